The van der Waals surface area contributed by atoms with E-state index in [0.29, 0.717) is 23.2 Å². The fourth-order valence-electron chi connectivity index (χ4n) is 4.60. The molecule has 0 N–H and O–H groups in total. The van der Waals surface area contributed by atoms with Crippen molar-refractivity contribution in [2.75, 3.05) is 0 Å². The highest BCUT2D eigenvalue weighted by atomic mass is 16.5. The molecule has 0 aliphatic carbocycles. The quantitative estimate of drug-likeness (QED) is 0.351. The number of hydrogen-bond acceptors (Lipinski definition) is 4. The first-order valence-corrected chi connectivity index (χ1v) is 10.6. The lowest BCUT2D eigenvalue weighted by Gasteiger charge is -2.29. The molecule has 3 heterocycles. The number of furan rings is 1. The van der Waals surface area contributed by atoms with E-state index in [1.54, 1.807) is 25.3 Å². The van der Waals surface area contributed by atoms with E-state index in [-0.39, 0.29) is 11.5 Å². The number of ether oxygens (including phenoxy) is 1. The summed E-state index contributed by atoms with van der Waals surface area (Å²) < 4.78 is 13.3. The lowest BCUT2D eigenvalue weighted by molar-refractivity contribution is 0.424. The molecule has 1 unspecified atom stereocenters. The minimum Gasteiger partial charge on any atom is -0.448 e. The Morgan fingerprint density at radius 1 is 0.875 bits per heavy atom. The van der Waals surface area contributed by atoms with Crippen molar-refractivity contribution < 1.29 is 9.15 Å². The number of aromatic nitrogens is 2. The van der Waals surface area contributed by atoms with Gasteiger partial charge in [0.2, 0.25) is 11.8 Å². The molecule has 2 aromatic heterocycles. The molecule has 0 bridgehead atoms. The van der Waals surface area contributed by atoms with Gasteiger partial charge in [-0.05, 0) is 42.3 Å². The molecule has 0 saturated heterocycles. The van der Waals surface area contributed by atoms with Crippen LogP contribution in [0.2, 0.25) is 0 Å². The van der Waals surface area contributed by atoms with Crippen molar-refractivity contribution in [1.29, 1.82) is 0 Å². The van der Waals surface area contributed by atoms with Crippen molar-refractivity contribution in [2.24, 2.45) is 0 Å². The molecule has 6 rings (SSSR count). The van der Waals surface area contributed by atoms with Crippen LogP contribution in [-0.2, 0) is 0 Å². The van der Waals surface area contributed by atoms with Crippen LogP contribution in [0.15, 0.2) is 88.3 Å². The minimum absolute atomic E-state index is 0.188. The van der Waals surface area contributed by atoms with Crippen LogP contribution in [0.25, 0.3) is 16.7 Å². The molecule has 0 saturated carbocycles. The molecule has 5 heteroatoms. The summed E-state index contributed by atoms with van der Waals surface area (Å²) >= 11 is 0. The van der Waals surface area contributed by atoms with Gasteiger partial charge in [-0.3, -0.25) is 4.79 Å². The third-order valence-corrected chi connectivity index (χ3v) is 6.10. The molecule has 1 aliphatic rings. The van der Waals surface area contributed by atoms with Gasteiger partial charge in [0, 0.05) is 17.5 Å². The van der Waals surface area contributed by atoms with Crippen LogP contribution < -0.4 is 10.3 Å². The van der Waals surface area contributed by atoms with Crippen molar-refractivity contribution in [3.05, 3.63) is 117 Å². The summed E-state index contributed by atoms with van der Waals surface area (Å²) in [5.41, 5.74) is 3.49. The number of hydrogen-bond donors (Lipinski definition) is 0. The predicted molar refractivity (Wildman–Crippen MR) is 123 cm³/mol. The molecule has 1 atom stereocenters. The summed E-state index contributed by atoms with van der Waals surface area (Å²) in [7, 11) is 0. The molecule has 3 aromatic carbocycles. The monoisotopic (exact) mass is 420 g/mol. The summed E-state index contributed by atoms with van der Waals surface area (Å²) in [6.45, 7) is 3.84. The van der Waals surface area contributed by atoms with Crippen molar-refractivity contribution in [1.82, 2.24) is 9.55 Å². The second-order valence-electron chi connectivity index (χ2n) is 8.11. The minimum atomic E-state index is -0.317. The third kappa shape index (κ3) is 2.71. The molecule has 0 fully saturated rings. The zero-order chi connectivity index (χ0) is 21.8. The number of fused-ring (bicyclic) bond motifs is 4. The van der Waals surface area contributed by atoms with Crippen LogP contribution in [0, 0.1) is 13.8 Å². The number of rotatable bonds is 2. The Hall–Kier alpha value is -4.12. The number of benzene rings is 3. The Bertz CT molecular complexity index is 1530. The van der Waals surface area contributed by atoms with E-state index >= 15 is 0 Å². The van der Waals surface area contributed by atoms with E-state index in [4.69, 9.17) is 9.15 Å². The molecule has 5 nitrogen and oxygen atoms in total. The summed E-state index contributed by atoms with van der Waals surface area (Å²) in [6, 6.07) is 24.0. The van der Waals surface area contributed by atoms with Gasteiger partial charge in [0.1, 0.15) is 11.6 Å². The number of nitrogens with zero attached hydrogens (tertiary/aromatic N) is 2. The highest BCUT2D eigenvalue weighted by Crippen LogP contribution is 2.48. The predicted octanol–water partition coefficient (Wildman–Crippen LogP) is 5.88. The van der Waals surface area contributed by atoms with Crippen molar-refractivity contribution in [2.45, 2.75) is 19.8 Å². The van der Waals surface area contributed by atoms with E-state index in [2.05, 4.69) is 48.3 Å². The van der Waals surface area contributed by atoms with Crippen molar-refractivity contribution in [3.8, 4) is 17.5 Å². The van der Waals surface area contributed by atoms with Crippen LogP contribution in [-0.4, -0.2) is 9.55 Å². The highest BCUT2D eigenvalue weighted by molar-refractivity contribution is 5.90. The topological polar surface area (TPSA) is 57.3 Å². The molecule has 5 aromatic rings. The van der Waals surface area contributed by atoms with Crippen LogP contribution in [0.1, 0.15) is 34.0 Å². The molecule has 1 aliphatic heterocycles. The molecular formula is C27H20N2O3. The Balaban J connectivity index is 1.72. The van der Waals surface area contributed by atoms with Gasteiger partial charge in [-0.2, -0.15) is 4.98 Å². The maximum Gasteiger partial charge on any atom is 0.268 e. The third-order valence-electron chi connectivity index (χ3n) is 6.10. The summed E-state index contributed by atoms with van der Waals surface area (Å²) in [4.78, 5) is 18.6. The Labute approximate surface area is 184 Å². The zero-order valence-electron chi connectivity index (χ0n) is 17.7. The van der Waals surface area contributed by atoms with Crippen LogP contribution >= 0.6 is 0 Å². The van der Waals surface area contributed by atoms with Crippen molar-refractivity contribution in [3.63, 3.8) is 0 Å². The van der Waals surface area contributed by atoms with E-state index in [0.717, 1.165) is 33.2 Å². The first kappa shape index (κ1) is 18.6. The molecule has 0 amide bonds. The van der Waals surface area contributed by atoms with Gasteiger partial charge < -0.3 is 9.15 Å². The first-order valence-electron chi connectivity index (χ1n) is 10.6. The molecule has 0 radical (unpaired) electrons. The summed E-state index contributed by atoms with van der Waals surface area (Å²) in [5, 5.41) is 2.16. The first-order chi connectivity index (χ1) is 15.6. The Morgan fingerprint density at radius 3 is 2.47 bits per heavy atom. The van der Waals surface area contributed by atoms with Crippen LogP contribution in [0.4, 0.5) is 0 Å². The SMILES string of the molecule is Cc1ccc(C2c3c(nc(C)n(-c4ccco4)c3=O)Oc3ccc4ccccc4c32)cc1. The van der Waals surface area contributed by atoms with Gasteiger partial charge >= 0.3 is 0 Å². The van der Waals surface area contributed by atoms with Gasteiger partial charge in [-0.25, -0.2) is 4.57 Å². The standard InChI is InChI=1S/C27H20N2O3/c1-16-9-11-19(12-10-16)23-24-20-7-4-3-6-18(20)13-14-21(24)32-26-25(23)27(30)29(17(2)28-26)22-8-5-15-31-22/h3-15,23H,1-2H3. The summed E-state index contributed by atoms with van der Waals surface area (Å²) in [5.74, 6) is 1.71. The van der Waals surface area contributed by atoms with Gasteiger partial charge in [-0.1, -0.05) is 60.2 Å². The van der Waals surface area contributed by atoms with Gasteiger partial charge in [0.05, 0.1) is 11.8 Å². The van der Waals surface area contributed by atoms with E-state index in [9.17, 15) is 4.79 Å². The fraction of sp³-hybridized carbons (Fsp3) is 0.111. The van der Waals surface area contributed by atoms with Gasteiger partial charge in [0.15, 0.2) is 0 Å². The Kier molecular flexibility index (Phi) is 4.05. The van der Waals surface area contributed by atoms with Crippen LogP contribution in [0.3, 0.4) is 0 Å². The molecule has 0 spiro atoms. The molecular weight excluding hydrogens is 400 g/mol. The van der Waals surface area contributed by atoms with Gasteiger partial charge in [0.25, 0.3) is 5.56 Å². The second kappa shape index (κ2) is 6.95. The van der Waals surface area contributed by atoms with E-state index in [1.165, 1.54) is 4.57 Å². The van der Waals surface area contributed by atoms with E-state index in [1.807, 2.05) is 24.3 Å². The lowest BCUT2D eigenvalue weighted by Crippen LogP contribution is -2.30. The number of aryl methyl sites for hydroxylation is 2. The smallest absolute Gasteiger partial charge is 0.268 e. The fourth-order valence-corrected chi connectivity index (χ4v) is 4.60. The van der Waals surface area contributed by atoms with Crippen molar-refractivity contribution >= 4 is 10.8 Å². The maximum atomic E-state index is 13.9. The normalized spacial score (nSPS) is 14.6. The van der Waals surface area contributed by atoms with E-state index < -0.39 is 0 Å². The Morgan fingerprint density at radius 2 is 1.69 bits per heavy atom. The average Bonchev–Trinajstić information content (AvgIpc) is 3.32. The average molecular weight is 420 g/mol. The second-order valence-corrected chi connectivity index (χ2v) is 8.11. The largest absolute Gasteiger partial charge is 0.448 e. The zero-order valence-corrected chi connectivity index (χ0v) is 17.7. The summed E-state index contributed by atoms with van der Waals surface area (Å²) in [6.07, 6.45) is 1.55. The molecule has 156 valence electrons. The lowest BCUT2D eigenvalue weighted by atomic mass is 9.81. The van der Waals surface area contributed by atoms with Crippen LogP contribution in [0.5, 0.6) is 11.6 Å². The highest BCUT2D eigenvalue weighted by Gasteiger charge is 2.35. The molecule has 32 heavy (non-hydrogen) atoms. The maximum absolute atomic E-state index is 13.9. The van der Waals surface area contributed by atoms with Gasteiger partial charge in [-0.15, -0.1) is 0 Å².